The van der Waals surface area contributed by atoms with Gasteiger partial charge in [-0.2, -0.15) is 11.3 Å². The molecule has 0 radical (unpaired) electrons. The molecule has 3 nitrogen and oxygen atoms in total. The third kappa shape index (κ3) is 2.89. The molecule has 2 aromatic rings. The van der Waals surface area contributed by atoms with Gasteiger partial charge in [0.15, 0.2) is 0 Å². The molecular weight excluding hydrogens is 242 g/mol. The van der Waals surface area contributed by atoms with Gasteiger partial charge in [-0.3, -0.25) is 0 Å². The largest absolute Gasteiger partial charge is 0.383 e. The number of nitrogens with zero attached hydrogens (tertiary/aromatic N) is 1. The van der Waals surface area contributed by atoms with Crippen molar-refractivity contribution in [1.82, 2.24) is 10.3 Å². The van der Waals surface area contributed by atoms with E-state index in [0.29, 0.717) is 11.9 Å². The van der Waals surface area contributed by atoms with Gasteiger partial charge in [-0.15, -0.1) is 0 Å². The number of anilines is 1. The van der Waals surface area contributed by atoms with Crippen LogP contribution in [0.2, 0.25) is 0 Å². The third-order valence-electron chi connectivity index (χ3n) is 3.07. The Bertz CT molecular complexity index is 507. The van der Waals surface area contributed by atoms with Gasteiger partial charge in [0.25, 0.3) is 0 Å². The number of hydrogen-bond acceptors (Lipinski definition) is 4. The van der Waals surface area contributed by atoms with Crippen molar-refractivity contribution in [3.8, 4) is 0 Å². The molecule has 0 bridgehead atoms. The molecule has 2 aromatic heterocycles. The predicted molar refractivity (Wildman–Crippen MR) is 77.8 cm³/mol. The van der Waals surface area contributed by atoms with E-state index in [2.05, 4.69) is 34.9 Å². The molecule has 2 heterocycles. The maximum absolute atomic E-state index is 5.92. The normalized spacial score (nSPS) is 12.6. The topological polar surface area (TPSA) is 50.9 Å². The van der Waals surface area contributed by atoms with Crippen LogP contribution in [-0.2, 0) is 6.42 Å². The van der Waals surface area contributed by atoms with Crippen molar-refractivity contribution in [2.45, 2.75) is 26.3 Å². The van der Waals surface area contributed by atoms with Crippen molar-refractivity contribution in [1.29, 1.82) is 0 Å². The molecule has 0 amide bonds. The lowest BCUT2D eigenvalue weighted by atomic mass is 9.99. The van der Waals surface area contributed by atoms with Crippen LogP contribution in [0.3, 0.4) is 0 Å². The van der Waals surface area contributed by atoms with E-state index in [4.69, 9.17) is 5.73 Å². The van der Waals surface area contributed by atoms with Gasteiger partial charge >= 0.3 is 0 Å². The highest BCUT2D eigenvalue weighted by Crippen LogP contribution is 2.26. The summed E-state index contributed by atoms with van der Waals surface area (Å²) in [6.07, 6.45) is 2.61. The fraction of sp³-hybridized carbons (Fsp3) is 0.357. The minimum Gasteiger partial charge on any atom is -0.383 e. The maximum Gasteiger partial charge on any atom is 0.126 e. The molecule has 1 unspecified atom stereocenters. The molecule has 0 aliphatic heterocycles. The van der Waals surface area contributed by atoms with Gasteiger partial charge in [0.05, 0.1) is 0 Å². The second kappa shape index (κ2) is 5.98. The van der Waals surface area contributed by atoms with Crippen LogP contribution in [-0.4, -0.2) is 11.5 Å². The first kappa shape index (κ1) is 13.1. The SMILES string of the molecule is CCNC(Cc1cccnc1N)c1cscc1C. The number of aromatic nitrogens is 1. The lowest BCUT2D eigenvalue weighted by molar-refractivity contribution is 0.549. The van der Waals surface area contributed by atoms with Crippen molar-refractivity contribution in [3.05, 3.63) is 45.8 Å². The number of nitrogen functional groups attached to an aromatic ring is 1. The molecule has 0 aromatic carbocycles. The molecule has 0 aliphatic carbocycles. The molecule has 0 saturated heterocycles. The quantitative estimate of drug-likeness (QED) is 0.870. The van der Waals surface area contributed by atoms with Gasteiger partial charge in [-0.1, -0.05) is 13.0 Å². The lowest BCUT2D eigenvalue weighted by Crippen LogP contribution is -2.23. The molecule has 0 saturated carbocycles. The Morgan fingerprint density at radius 1 is 1.44 bits per heavy atom. The number of pyridine rings is 1. The summed E-state index contributed by atoms with van der Waals surface area (Å²) >= 11 is 1.75. The van der Waals surface area contributed by atoms with Crippen molar-refractivity contribution < 1.29 is 0 Å². The molecule has 4 heteroatoms. The van der Waals surface area contributed by atoms with Crippen molar-refractivity contribution in [2.24, 2.45) is 0 Å². The smallest absolute Gasteiger partial charge is 0.126 e. The summed E-state index contributed by atoms with van der Waals surface area (Å²) in [7, 11) is 0. The first-order valence-corrected chi connectivity index (χ1v) is 7.12. The average Bonchev–Trinajstić information content (AvgIpc) is 2.78. The number of hydrogen-bond donors (Lipinski definition) is 2. The van der Waals surface area contributed by atoms with Crippen LogP contribution < -0.4 is 11.1 Å². The van der Waals surface area contributed by atoms with Crippen LogP contribution in [0.25, 0.3) is 0 Å². The number of nitrogens with one attached hydrogen (secondary N) is 1. The summed E-state index contributed by atoms with van der Waals surface area (Å²) in [4.78, 5) is 4.15. The van der Waals surface area contributed by atoms with E-state index in [1.54, 1.807) is 17.5 Å². The van der Waals surface area contributed by atoms with Gasteiger partial charge in [-0.25, -0.2) is 4.98 Å². The summed E-state index contributed by atoms with van der Waals surface area (Å²) in [5, 5.41) is 7.93. The first-order valence-electron chi connectivity index (χ1n) is 6.17. The molecule has 96 valence electrons. The van der Waals surface area contributed by atoms with Gasteiger partial charge in [0.1, 0.15) is 5.82 Å². The van der Waals surface area contributed by atoms with E-state index in [1.165, 1.54) is 11.1 Å². The zero-order valence-corrected chi connectivity index (χ0v) is 11.6. The molecule has 3 N–H and O–H groups in total. The highest BCUT2D eigenvalue weighted by molar-refractivity contribution is 7.08. The number of aryl methyl sites for hydroxylation is 1. The Morgan fingerprint density at radius 3 is 2.89 bits per heavy atom. The Morgan fingerprint density at radius 2 is 2.28 bits per heavy atom. The average molecular weight is 261 g/mol. The number of rotatable bonds is 5. The van der Waals surface area contributed by atoms with Crippen LogP contribution in [0.1, 0.15) is 29.7 Å². The number of likely N-dealkylation sites (N-methyl/N-ethyl adjacent to an activating group) is 1. The molecular formula is C14H19N3S. The predicted octanol–water partition coefficient (Wildman–Crippen LogP) is 2.93. The Labute approximate surface area is 112 Å². The number of nitrogens with two attached hydrogens (primary N) is 1. The Balaban J connectivity index is 2.22. The second-order valence-corrected chi connectivity index (χ2v) is 5.12. The summed E-state index contributed by atoms with van der Waals surface area (Å²) in [5.41, 5.74) is 9.73. The fourth-order valence-electron chi connectivity index (χ4n) is 2.11. The zero-order valence-electron chi connectivity index (χ0n) is 10.8. The first-order chi connectivity index (χ1) is 8.72. The maximum atomic E-state index is 5.92. The van der Waals surface area contributed by atoms with E-state index < -0.39 is 0 Å². The fourth-order valence-corrected chi connectivity index (χ4v) is 3.01. The van der Waals surface area contributed by atoms with Gasteiger partial charge in [0.2, 0.25) is 0 Å². The van der Waals surface area contributed by atoms with Crippen LogP contribution in [0.5, 0.6) is 0 Å². The molecule has 0 aliphatic rings. The van der Waals surface area contributed by atoms with Crippen molar-refractivity contribution in [3.63, 3.8) is 0 Å². The van der Waals surface area contributed by atoms with Gasteiger partial charge in [-0.05, 0) is 53.4 Å². The van der Waals surface area contributed by atoms with Crippen LogP contribution in [0.4, 0.5) is 5.82 Å². The summed E-state index contributed by atoms with van der Waals surface area (Å²) in [6.45, 7) is 5.23. The standard InChI is InChI=1S/C14H19N3S/c1-3-16-13(12-9-18-8-10(12)2)7-11-5-4-6-17-14(11)15/h4-6,8-9,13,16H,3,7H2,1-2H3,(H2,15,17). The minimum atomic E-state index is 0.313. The van der Waals surface area contributed by atoms with Gasteiger partial charge < -0.3 is 11.1 Å². The summed E-state index contributed by atoms with van der Waals surface area (Å²) in [6, 6.07) is 4.30. The highest BCUT2D eigenvalue weighted by atomic mass is 32.1. The number of thiophene rings is 1. The summed E-state index contributed by atoms with van der Waals surface area (Å²) < 4.78 is 0. The van der Waals surface area contributed by atoms with Crippen LogP contribution in [0, 0.1) is 6.92 Å². The van der Waals surface area contributed by atoms with E-state index in [9.17, 15) is 0 Å². The van der Waals surface area contributed by atoms with E-state index in [0.717, 1.165) is 18.5 Å². The summed E-state index contributed by atoms with van der Waals surface area (Å²) in [5.74, 6) is 0.633. The van der Waals surface area contributed by atoms with Crippen molar-refractivity contribution in [2.75, 3.05) is 12.3 Å². The minimum absolute atomic E-state index is 0.313. The van der Waals surface area contributed by atoms with Crippen LogP contribution >= 0.6 is 11.3 Å². The van der Waals surface area contributed by atoms with Crippen molar-refractivity contribution >= 4 is 17.2 Å². The lowest BCUT2D eigenvalue weighted by Gasteiger charge is -2.18. The van der Waals surface area contributed by atoms with E-state index >= 15 is 0 Å². The zero-order chi connectivity index (χ0) is 13.0. The Hall–Kier alpha value is -1.39. The molecule has 0 fully saturated rings. The molecule has 18 heavy (non-hydrogen) atoms. The third-order valence-corrected chi connectivity index (χ3v) is 3.95. The molecule has 1 atom stereocenters. The van der Waals surface area contributed by atoms with Crippen LogP contribution in [0.15, 0.2) is 29.1 Å². The van der Waals surface area contributed by atoms with E-state index in [1.807, 2.05) is 12.1 Å². The van der Waals surface area contributed by atoms with E-state index in [-0.39, 0.29) is 0 Å². The second-order valence-electron chi connectivity index (χ2n) is 4.37. The highest BCUT2D eigenvalue weighted by Gasteiger charge is 2.15. The molecule has 0 spiro atoms. The Kier molecular flexibility index (Phi) is 4.33. The monoisotopic (exact) mass is 261 g/mol. The molecule has 2 rings (SSSR count). The van der Waals surface area contributed by atoms with Gasteiger partial charge in [0, 0.05) is 12.2 Å².